The molecule has 0 amide bonds. The number of hydrogen-bond donors (Lipinski definition) is 0. The van der Waals surface area contributed by atoms with Gasteiger partial charge in [-0.05, 0) is 26.0 Å². The van der Waals surface area contributed by atoms with E-state index in [4.69, 9.17) is 13.9 Å². The molecule has 0 saturated heterocycles. The molecule has 0 saturated carbocycles. The molecule has 0 aromatic carbocycles. The second kappa shape index (κ2) is 6.10. The second-order valence-electron chi connectivity index (χ2n) is 3.64. The number of hydrogen-bond acceptors (Lipinski definition) is 3. The first kappa shape index (κ1) is 12.5. The lowest BCUT2D eigenvalue weighted by molar-refractivity contribution is -0.150. The molecule has 0 atom stereocenters. The quantitative estimate of drug-likeness (QED) is 0.551. The maximum atomic E-state index is 5.72. The van der Waals surface area contributed by atoms with Crippen molar-refractivity contribution in [2.75, 3.05) is 13.2 Å². The van der Waals surface area contributed by atoms with Crippen LogP contribution in [0.25, 0.3) is 0 Å². The van der Waals surface area contributed by atoms with Crippen LogP contribution in [0.1, 0.15) is 25.9 Å². The monoisotopic (exact) mass is 228 g/mol. The normalized spacial score (nSPS) is 11.6. The Bertz CT molecular complexity index is 277. The van der Waals surface area contributed by atoms with E-state index < -0.39 is 8.80 Å². The first-order chi connectivity index (χ1) is 7.19. The van der Waals surface area contributed by atoms with Gasteiger partial charge in [-0.1, -0.05) is 13.1 Å². The molecular formula is C11H20O3Si. The SMILES string of the molecule is CCOC(OCC)c1ccc([SiH](C)C)o1. The fourth-order valence-corrected chi connectivity index (χ4v) is 2.17. The molecular weight excluding hydrogens is 208 g/mol. The molecule has 0 radical (unpaired) electrons. The molecule has 0 N–H and O–H groups in total. The first-order valence-corrected chi connectivity index (χ1v) is 8.40. The molecule has 0 unspecified atom stereocenters. The number of rotatable bonds is 6. The maximum Gasteiger partial charge on any atom is 0.217 e. The average Bonchev–Trinajstić information content (AvgIpc) is 2.66. The lowest BCUT2D eigenvalue weighted by Gasteiger charge is -2.14. The van der Waals surface area contributed by atoms with Crippen LogP contribution in [-0.2, 0) is 9.47 Å². The minimum atomic E-state index is -0.867. The van der Waals surface area contributed by atoms with Crippen LogP contribution in [0.5, 0.6) is 0 Å². The summed E-state index contributed by atoms with van der Waals surface area (Å²) in [6.07, 6.45) is -0.346. The fraction of sp³-hybridized carbons (Fsp3) is 0.636. The van der Waals surface area contributed by atoms with Gasteiger partial charge in [0, 0.05) is 13.2 Å². The molecule has 3 nitrogen and oxygen atoms in total. The first-order valence-electron chi connectivity index (χ1n) is 5.51. The van der Waals surface area contributed by atoms with E-state index in [0.717, 1.165) is 11.1 Å². The highest BCUT2D eigenvalue weighted by Gasteiger charge is 2.16. The molecule has 15 heavy (non-hydrogen) atoms. The van der Waals surface area contributed by atoms with Gasteiger partial charge in [-0.25, -0.2) is 0 Å². The Balaban J connectivity index is 2.72. The van der Waals surface area contributed by atoms with E-state index in [1.54, 1.807) is 0 Å². The minimum Gasteiger partial charge on any atom is -0.466 e. The van der Waals surface area contributed by atoms with Crippen molar-refractivity contribution in [2.24, 2.45) is 0 Å². The van der Waals surface area contributed by atoms with Gasteiger partial charge < -0.3 is 13.9 Å². The van der Waals surface area contributed by atoms with Gasteiger partial charge in [-0.2, -0.15) is 0 Å². The van der Waals surface area contributed by atoms with E-state index in [1.165, 1.54) is 0 Å². The fourth-order valence-electron chi connectivity index (χ4n) is 1.32. The lowest BCUT2D eigenvalue weighted by Crippen LogP contribution is -2.20. The second-order valence-corrected chi connectivity index (χ2v) is 6.52. The van der Waals surface area contributed by atoms with E-state index in [-0.39, 0.29) is 6.29 Å². The summed E-state index contributed by atoms with van der Waals surface area (Å²) >= 11 is 0. The largest absolute Gasteiger partial charge is 0.466 e. The van der Waals surface area contributed by atoms with E-state index in [0.29, 0.717) is 13.2 Å². The Morgan fingerprint density at radius 3 is 2.20 bits per heavy atom. The zero-order chi connectivity index (χ0) is 11.3. The molecule has 1 rings (SSSR count). The highest BCUT2D eigenvalue weighted by Crippen LogP contribution is 2.18. The summed E-state index contributed by atoms with van der Waals surface area (Å²) in [5.41, 5.74) is 0. The predicted octanol–water partition coefficient (Wildman–Crippen LogP) is 2.04. The van der Waals surface area contributed by atoms with Gasteiger partial charge >= 0.3 is 0 Å². The van der Waals surface area contributed by atoms with Crippen LogP contribution >= 0.6 is 0 Å². The minimum absolute atomic E-state index is 0.346. The van der Waals surface area contributed by atoms with Gasteiger partial charge in [0.15, 0.2) is 5.76 Å². The zero-order valence-corrected chi connectivity index (χ0v) is 11.1. The Morgan fingerprint density at radius 1 is 1.20 bits per heavy atom. The summed E-state index contributed by atoms with van der Waals surface area (Å²) in [7, 11) is -0.867. The van der Waals surface area contributed by atoms with Crippen molar-refractivity contribution < 1.29 is 13.9 Å². The Hall–Kier alpha value is -0.583. The smallest absolute Gasteiger partial charge is 0.217 e. The van der Waals surface area contributed by atoms with Crippen molar-refractivity contribution in [3.8, 4) is 0 Å². The Labute approximate surface area is 93.0 Å². The van der Waals surface area contributed by atoms with Gasteiger partial charge in [0.25, 0.3) is 0 Å². The van der Waals surface area contributed by atoms with Crippen LogP contribution in [0.2, 0.25) is 13.1 Å². The van der Waals surface area contributed by atoms with Gasteiger partial charge in [0.1, 0.15) is 8.80 Å². The zero-order valence-electron chi connectivity index (χ0n) is 9.95. The van der Waals surface area contributed by atoms with E-state index >= 15 is 0 Å². The molecule has 0 fully saturated rings. The standard InChI is InChI=1S/C11H20O3Si/c1-5-12-11(13-6-2)9-7-8-10(14-9)15(3)4/h7-8,11,15H,5-6H2,1-4H3. The molecule has 0 spiro atoms. The van der Waals surface area contributed by atoms with Crippen LogP contribution in [0.4, 0.5) is 0 Å². The van der Waals surface area contributed by atoms with E-state index in [9.17, 15) is 0 Å². The van der Waals surface area contributed by atoms with Gasteiger partial charge in [0.2, 0.25) is 6.29 Å². The maximum absolute atomic E-state index is 5.72. The van der Waals surface area contributed by atoms with Crippen LogP contribution in [0, 0.1) is 0 Å². The topological polar surface area (TPSA) is 31.6 Å². The molecule has 1 aromatic heterocycles. The lowest BCUT2D eigenvalue weighted by atomic mass is 10.4. The Morgan fingerprint density at radius 2 is 1.80 bits per heavy atom. The highest BCUT2D eigenvalue weighted by atomic mass is 28.3. The third kappa shape index (κ3) is 3.48. The molecule has 1 heterocycles. The third-order valence-corrected chi connectivity index (χ3v) is 3.53. The van der Waals surface area contributed by atoms with Gasteiger partial charge in [-0.3, -0.25) is 0 Å². The predicted molar refractivity (Wildman–Crippen MR) is 63.2 cm³/mol. The third-order valence-electron chi connectivity index (χ3n) is 2.08. The molecule has 86 valence electrons. The summed E-state index contributed by atoms with van der Waals surface area (Å²) in [5, 5.41) is 1.11. The summed E-state index contributed by atoms with van der Waals surface area (Å²) in [4.78, 5) is 0. The van der Waals surface area contributed by atoms with E-state index in [1.807, 2.05) is 26.0 Å². The van der Waals surface area contributed by atoms with Crippen molar-refractivity contribution in [3.63, 3.8) is 0 Å². The molecule has 0 aliphatic heterocycles. The van der Waals surface area contributed by atoms with E-state index in [2.05, 4.69) is 13.1 Å². The van der Waals surface area contributed by atoms with Crippen LogP contribution in [0.15, 0.2) is 16.5 Å². The summed E-state index contributed by atoms with van der Waals surface area (Å²) in [5.74, 6) is 0.787. The summed E-state index contributed by atoms with van der Waals surface area (Å²) in [6, 6.07) is 4.00. The number of ether oxygens (including phenoxy) is 2. The van der Waals surface area contributed by atoms with Gasteiger partial charge in [-0.15, -0.1) is 0 Å². The molecule has 4 heteroatoms. The molecule has 0 aliphatic rings. The Kier molecular flexibility index (Phi) is 5.08. The van der Waals surface area contributed by atoms with Crippen LogP contribution in [-0.4, -0.2) is 22.0 Å². The van der Waals surface area contributed by atoms with Crippen molar-refractivity contribution >= 4 is 14.2 Å². The van der Waals surface area contributed by atoms with Crippen LogP contribution < -0.4 is 5.38 Å². The number of furan rings is 1. The summed E-state index contributed by atoms with van der Waals surface area (Å²) < 4.78 is 16.6. The van der Waals surface area contributed by atoms with Crippen molar-refractivity contribution in [1.82, 2.24) is 0 Å². The van der Waals surface area contributed by atoms with Crippen molar-refractivity contribution in [3.05, 3.63) is 17.9 Å². The van der Waals surface area contributed by atoms with Crippen LogP contribution in [0.3, 0.4) is 0 Å². The molecule has 1 aromatic rings. The summed E-state index contributed by atoms with van der Waals surface area (Å²) in [6.45, 7) is 9.62. The highest BCUT2D eigenvalue weighted by molar-refractivity contribution is 6.69. The molecule has 0 aliphatic carbocycles. The average molecular weight is 228 g/mol. The van der Waals surface area contributed by atoms with Gasteiger partial charge in [0.05, 0.1) is 5.38 Å². The molecule has 0 bridgehead atoms. The van der Waals surface area contributed by atoms with Crippen molar-refractivity contribution in [1.29, 1.82) is 0 Å². The van der Waals surface area contributed by atoms with Crippen molar-refractivity contribution in [2.45, 2.75) is 33.2 Å².